The molecule has 23 heavy (non-hydrogen) atoms. The number of hydrogen-bond acceptors (Lipinski definition) is 6. The number of imidazole rings is 1. The maximum Gasteiger partial charge on any atom is 0.258 e. The zero-order valence-electron chi connectivity index (χ0n) is 13.6. The van der Waals surface area contributed by atoms with Crippen molar-refractivity contribution < 1.29 is 4.52 Å². The Morgan fingerprint density at radius 2 is 2.09 bits per heavy atom. The van der Waals surface area contributed by atoms with Gasteiger partial charge in [0, 0.05) is 44.3 Å². The van der Waals surface area contributed by atoms with Gasteiger partial charge >= 0.3 is 0 Å². The van der Waals surface area contributed by atoms with Crippen molar-refractivity contribution in [3.63, 3.8) is 0 Å². The van der Waals surface area contributed by atoms with Gasteiger partial charge in [0.15, 0.2) is 5.82 Å². The van der Waals surface area contributed by atoms with E-state index in [9.17, 15) is 0 Å². The fourth-order valence-electron chi connectivity index (χ4n) is 2.41. The Morgan fingerprint density at radius 3 is 2.78 bits per heavy atom. The predicted octanol–water partition coefficient (Wildman–Crippen LogP) is 2.47. The van der Waals surface area contributed by atoms with Crippen LogP contribution in [0.3, 0.4) is 0 Å². The fourth-order valence-corrected chi connectivity index (χ4v) is 2.41. The third kappa shape index (κ3) is 3.56. The molecule has 3 aromatic rings. The Kier molecular flexibility index (Phi) is 4.36. The predicted molar refractivity (Wildman–Crippen MR) is 87.1 cm³/mol. The lowest BCUT2D eigenvalue weighted by Gasteiger charge is -2.18. The molecule has 0 radical (unpaired) electrons. The normalized spacial score (nSPS) is 10.9. The van der Waals surface area contributed by atoms with Crippen LogP contribution in [0.1, 0.15) is 18.1 Å². The average Bonchev–Trinajstić information content (AvgIpc) is 3.16. The number of anilines is 1. The molecule has 3 heterocycles. The summed E-state index contributed by atoms with van der Waals surface area (Å²) in [5.74, 6) is 3.08. The summed E-state index contributed by atoms with van der Waals surface area (Å²) >= 11 is 0. The number of rotatable bonds is 6. The number of aromatic nitrogens is 5. The first-order valence-corrected chi connectivity index (χ1v) is 7.59. The van der Waals surface area contributed by atoms with Crippen molar-refractivity contribution in [2.75, 3.05) is 18.5 Å². The molecule has 0 aliphatic carbocycles. The van der Waals surface area contributed by atoms with E-state index in [2.05, 4.69) is 29.6 Å². The van der Waals surface area contributed by atoms with Crippen molar-refractivity contribution in [3.05, 3.63) is 42.4 Å². The Balaban J connectivity index is 1.63. The Morgan fingerprint density at radius 1 is 1.22 bits per heavy atom. The first kappa shape index (κ1) is 15.2. The van der Waals surface area contributed by atoms with Crippen molar-refractivity contribution >= 4 is 5.82 Å². The first-order valence-electron chi connectivity index (χ1n) is 7.59. The molecule has 7 nitrogen and oxygen atoms in total. The number of aryl methyl sites for hydroxylation is 3. The summed E-state index contributed by atoms with van der Waals surface area (Å²) in [4.78, 5) is 15.0. The topological polar surface area (TPSA) is 72.9 Å². The van der Waals surface area contributed by atoms with Gasteiger partial charge in [0.1, 0.15) is 11.6 Å². The Bertz CT molecular complexity index is 778. The van der Waals surface area contributed by atoms with Gasteiger partial charge in [-0.3, -0.25) is 0 Å². The minimum absolute atomic E-state index is 0.522. The zero-order valence-corrected chi connectivity index (χ0v) is 13.6. The average molecular weight is 312 g/mol. The fraction of sp³-hybridized carbons (Fsp3) is 0.375. The first-order chi connectivity index (χ1) is 11.1. The molecular weight excluding hydrogens is 292 g/mol. The van der Waals surface area contributed by atoms with Crippen LogP contribution in [0.15, 0.2) is 35.2 Å². The molecule has 0 aliphatic heterocycles. The number of nitrogens with zero attached hydrogens (tertiary/aromatic N) is 6. The quantitative estimate of drug-likeness (QED) is 0.696. The van der Waals surface area contributed by atoms with Gasteiger partial charge in [0.05, 0.1) is 0 Å². The second-order valence-corrected chi connectivity index (χ2v) is 5.49. The maximum absolute atomic E-state index is 5.21. The molecule has 0 saturated heterocycles. The molecule has 0 unspecified atom stereocenters. The van der Waals surface area contributed by atoms with Crippen molar-refractivity contribution in [1.82, 2.24) is 24.7 Å². The SMILES string of the molecule is Cc1noc(-c2ccnc(N(C)CCCn3ccnc3C)c2)n1. The molecule has 0 aliphatic rings. The molecule has 0 atom stereocenters. The van der Waals surface area contributed by atoms with E-state index in [-0.39, 0.29) is 0 Å². The van der Waals surface area contributed by atoms with Gasteiger partial charge in [-0.2, -0.15) is 4.98 Å². The van der Waals surface area contributed by atoms with E-state index in [1.54, 1.807) is 13.1 Å². The lowest BCUT2D eigenvalue weighted by molar-refractivity contribution is 0.425. The lowest BCUT2D eigenvalue weighted by Crippen LogP contribution is -2.21. The van der Waals surface area contributed by atoms with Crippen LogP contribution in [0, 0.1) is 13.8 Å². The van der Waals surface area contributed by atoms with E-state index in [1.807, 2.05) is 38.5 Å². The minimum Gasteiger partial charge on any atom is -0.360 e. The van der Waals surface area contributed by atoms with Gasteiger partial charge in [-0.15, -0.1) is 0 Å². The van der Waals surface area contributed by atoms with E-state index >= 15 is 0 Å². The molecule has 3 aromatic heterocycles. The number of pyridine rings is 1. The maximum atomic E-state index is 5.21. The minimum atomic E-state index is 0.522. The molecule has 0 fully saturated rings. The second-order valence-electron chi connectivity index (χ2n) is 5.49. The van der Waals surface area contributed by atoms with Crippen molar-refractivity contribution in [3.8, 4) is 11.5 Å². The van der Waals surface area contributed by atoms with Gasteiger partial charge < -0.3 is 14.0 Å². The summed E-state index contributed by atoms with van der Waals surface area (Å²) in [5, 5.41) is 3.83. The number of hydrogen-bond donors (Lipinski definition) is 0. The molecule has 0 amide bonds. The van der Waals surface area contributed by atoms with E-state index < -0.39 is 0 Å². The lowest BCUT2D eigenvalue weighted by atomic mass is 10.2. The molecule has 7 heteroatoms. The third-order valence-corrected chi connectivity index (χ3v) is 3.73. The molecule has 0 bridgehead atoms. The monoisotopic (exact) mass is 312 g/mol. The van der Waals surface area contributed by atoms with E-state index in [0.717, 1.165) is 36.7 Å². The largest absolute Gasteiger partial charge is 0.360 e. The van der Waals surface area contributed by atoms with Crippen LogP contribution < -0.4 is 4.90 Å². The standard InChI is InChI=1S/C16H20N6O/c1-12-19-16(23-20-12)14-5-6-18-15(11-14)21(3)8-4-9-22-10-7-17-13(22)2/h5-7,10-11H,4,8-9H2,1-3H3. The van der Waals surface area contributed by atoms with Crippen LogP contribution in [0.2, 0.25) is 0 Å². The summed E-state index contributed by atoms with van der Waals surface area (Å²) in [5.41, 5.74) is 0.882. The van der Waals surface area contributed by atoms with Crippen LogP contribution in [0.4, 0.5) is 5.82 Å². The van der Waals surface area contributed by atoms with Crippen molar-refractivity contribution in [2.24, 2.45) is 0 Å². The highest BCUT2D eigenvalue weighted by Crippen LogP contribution is 2.21. The molecule has 120 valence electrons. The summed E-state index contributed by atoms with van der Waals surface area (Å²) in [6.07, 6.45) is 6.61. The highest BCUT2D eigenvalue weighted by Gasteiger charge is 2.09. The van der Waals surface area contributed by atoms with Gasteiger partial charge in [-0.1, -0.05) is 5.16 Å². The van der Waals surface area contributed by atoms with Crippen molar-refractivity contribution in [2.45, 2.75) is 26.8 Å². The molecule has 0 aromatic carbocycles. The van der Waals surface area contributed by atoms with E-state index in [1.165, 1.54) is 0 Å². The van der Waals surface area contributed by atoms with Gasteiger partial charge in [-0.05, 0) is 32.4 Å². The Labute approximate surface area is 135 Å². The van der Waals surface area contributed by atoms with Gasteiger partial charge in [0.2, 0.25) is 0 Å². The Hall–Kier alpha value is -2.70. The van der Waals surface area contributed by atoms with Crippen LogP contribution >= 0.6 is 0 Å². The van der Waals surface area contributed by atoms with Crippen LogP contribution in [0.5, 0.6) is 0 Å². The summed E-state index contributed by atoms with van der Waals surface area (Å²) in [6, 6.07) is 3.84. The van der Waals surface area contributed by atoms with Crippen molar-refractivity contribution in [1.29, 1.82) is 0 Å². The molecular formula is C16H20N6O. The van der Waals surface area contributed by atoms with Crippen LogP contribution in [0.25, 0.3) is 11.5 Å². The summed E-state index contributed by atoms with van der Waals surface area (Å²) in [6.45, 7) is 5.66. The smallest absolute Gasteiger partial charge is 0.258 e. The van der Waals surface area contributed by atoms with E-state index in [4.69, 9.17) is 4.52 Å². The van der Waals surface area contributed by atoms with E-state index in [0.29, 0.717) is 11.7 Å². The molecule has 3 rings (SSSR count). The highest BCUT2D eigenvalue weighted by molar-refractivity contribution is 5.58. The van der Waals surface area contributed by atoms with Crippen LogP contribution in [-0.2, 0) is 6.54 Å². The molecule has 0 spiro atoms. The molecule has 0 N–H and O–H groups in total. The van der Waals surface area contributed by atoms with Gasteiger partial charge in [-0.25, -0.2) is 9.97 Å². The molecule has 0 saturated carbocycles. The van der Waals surface area contributed by atoms with Gasteiger partial charge in [0.25, 0.3) is 5.89 Å². The van der Waals surface area contributed by atoms with Crippen LogP contribution in [-0.4, -0.2) is 38.3 Å². The second kappa shape index (κ2) is 6.60. The zero-order chi connectivity index (χ0) is 16.2. The summed E-state index contributed by atoms with van der Waals surface area (Å²) < 4.78 is 7.36. The summed E-state index contributed by atoms with van der Waals surface area (Å²) in [7, 11) is 2.03. The highest BCUT2D eigenvalue weighted by atomic mass is 16.5. The third-order valence-electron chi connectivity index (χ3n) is 3.73.